The van der Waals surface area contributed by atoms with Gasteiger partial charge in [0.25, 0.3) is 0 Å². The summed E-state index contributed by atoms with van der Waals surface area (Å²) in [5, 5.41) is 0.498. The zero-order valence-corrected chi connectivity index (χ0v) is 21.2. The monoisotopic (exact) mass is 436 g/mol. The molecule has 0 saturated carbocycles. The molecule has 0 spiro atoms. The molecule has 0 heterocycles. The van der Waals surface area contributed by atoms with Crippen molar-refractivity contribution in [1.29, 1.82) is 0 Å². The van der Waals surface area contributed by atoms with Crippen LogP contribution in [-0.4, -0.2) is 0 Å². The van der Waals surface area contributed by atoms with Gasteiger partial charge in [-0.1, -0.05) is 64.4 Å². The Morgan fingerprint density at radius 2 is 1.47 bits per heavy atom. The molecule has 2 aromatic rings. The zero-order chi connectivity index (χ0) is 24.0. The average Bonchev–Trinajstić information content (AvgIpc) is 2.71. The van der Waals surface area contributed by atoms with Crippen LogP contribution in [0.2, 0.25) is 5.02 Å². The van der Waals surface area contributed by atoms with E-state index in [0.29, 0.717) is 10.6 Å². The third kappa shape index (κ3) is 9.71. The number of hydrogen-bond donors (Lipinski definition) is 0. The van der Waals surface area contributed by atoms with Crippen molar-refractivity contribution in [3.63, 3.8) is 0 Å². The van der Waals surface area contributed by atoms with E-state index in [1.54, 1.807) is 19.1 Å². The Kier molecular flexibility index (Phi) is 16.0. The van der Waals surface area contributed by atoms with E-state index in [9.17, 15) is 8.78 Å². The van der Waals surface area contributed by atoms with Crippen LogP contribution >= 0.6 is 11.6 Å². The van der Waals surface area contributed by atoms with Gasteiger partial charge in [-0.3, -0.25) is 0 Å². The number of aryl methyl sites for hydroxylation is 2. The highest BCUT2D eigenvalue weighted by molar-refractivity contribution is 6.31. The van der Waals surface area contributed by atoms with Crippen molar-refractivity contribution in [2.75, 3.05) is 0 Å². The first kappa shape index (κ1) is 30.3. The highest BCUT2D eigenvalue weighted by atomic mass is 35.5. The molecule has 0 aliphatic rings. The lowest BCUT2D eigenvalue weighted by atomic mass is 9.90. The van der Waals surface area contributed by atoms with Crippen molar-refractivity contribution in [3.05, 3.63) is 87.0 Å². The Morgan fingerprint density at radius 3 is 1.87 bits per heavy atom. The SMILES string of the molecule is C=C(CC)C(=C(C)C)c1ccc(F)cc1C.CC.CC.Cc1cc(F)c(C)c(Cl)c1. The van der Waals surface area contributed by atoms with Crippen molar-refractivity contribution in [1.82, 2.24) is 0 Å². The highest BCUT2D eigenvalue weighted by Gasteiger charge is 2.10. The molecule has 2 aromatic carbocycles. The first-order valence-corrected chi connectivity index (χ1v) is 11.0. The second-order valence-electron chi connectivity index (χ2n) is 6.64. The van der Waals surface area contributed by atoms with Gasteiger partial charge in [0.2, 0.25) is 0 Å². The molecule has 168 valence electrons. The van der Waals surface area contributed by atoms with Gasteiger partial charge < -0.3 is 0 Å². The molecule has 0 aromatic heterocycles. The normalized spacial score (nSPS) is 9.10. The molecular weight excluding hydrogens is 398 g/mol. The summed E-state index contributed by atoms with van der Waals surface area (Å²) in [5.41, 5.74) is 6.93. The minimum absolute atomic E-state index is 0.184. The molecule has 3 heteroatoms. The molecule has 0 amide bonds. The van der Waals surface area contributed by atoms with Gasteiger partial charge in [0.1, 0.15) is 11.6 Å². The van der Waals surface area contributed by atoms with Crippen LogP contribution in [0, 0.1) is 32.4 Å². The van der Waals surface area contributed by atoms with Gasteiger partial charge >= 0.3 is 0 Å². The topological polar surface area (TPSA) is 0 Å². The fraction of sp³-hybridized carbons (Fsp3) is 0.407. The second-order valence-corrected chi connectivity index (χ2v) is 7.05. The summed E-state index contributed by atoms with van der Waals surface area (Å²) in [6.07, 6.45) is 0.914. The molecule has 0 aliphatic heterocycles. The lowest BCUT2D eigenvalue weighted by molar-refractivity contribution is 0.617. The minimum Gasteiger partial charge on any atom is -0.207 e. The molecule has 0 unspecified atom stereocenters. The fourth-order valence-electron chi connectivity index (χ4n) is 2.67. The number of allylic oxidation sites excluding steroid dienone is 3. The lowest BCUT2D eigenvalue weighted by Gasteiger charge is -2.14. The summed E-state index contributed by atoms with van der Waals surface area (Å²) in [5.74, 6) is -0.415. The molecule has 2 rings (SSSR count). The largest absolute Gasteiger partial charge is 0.207 e. The fourth-order valence-corrected chi connectivity index (χ4v) is 2.93. The van der Waals surface area contributed by atoms with Gasteiger partial charge in [0.05, 0.1) is 0 Å². The van der Waals surface area contributed by atoms with Crippen LogP contribution in [0.1, 0.15) is 77.1 Å². The third-order valence-corrected chi connectivity index (χ3v) is 4.56. The summed E-state index contributed by atoms with van der Waals surface area (Å²) in [7, 11) is 0. The van der Waals surface area contributed by atoms with Crippen molar-refractivity contribution in [2.24, 2.45) is 0 Å². The van der Waals surface area contributed by atoms with Crippen LogP contribution in [0.4, 0.5) is 8.78 Å². The summed E-state index contributed by atoms with van der Waals surface area (Å²) < 4.78 is 25.8. The Balaban J connectivity index is 0. The lowest BCUT2D eigenvalue weighted by Crippen LogP contribution is -1.95. The minimum atomic E-state index is -0.231. The van der Waals surface area contributed by atoms with E-state index < -0.39 is 0 Å². The number of benzene rings is 2. The Hall–Kier alpha value is -1.93. The first-order chi connectivity index (χ1) is 14.1. The van der Waals surface area contributed by atoms with Crippen molar-refractivity contribution in [2.45, 2.75) is 75.7 Å². The van der Waals surface area contributed by atoms with Crippen LogP contribution < -0.4 is 0 Å². The Labute approximate surface area is 188 Å². The van der Waals surface area contributed by atoms with Crippen LogP contribution in [0.15, 0.2) is 48.1 Å². The summed E-state index contributed by atoms with van der Waals surface area (Å²) in [4.78, 5) is 0. The molecule has 0 atom stereocenters. The van der Waals surface area contributed by atoms with Gasteiger partial charge in [-0.05, 0) is 93.1 Å². The molecular formula is C27H39ClF2. The molecule has 0 radical (unpaired) electrons. The molecule has 0 bridgehead atoms. The van der Waals surface area contributed by atoms with Gasteiger partial charge in [-0.15, -0.1) is 0 Å². The molecule has 0 saturated heterocycles. The predicted octanol–water partition coefficient (Wildman–Crippen LogP) is 10.0. The first-order valence-electron chi connectivity index (χ1n) is 10.6. The van der Waals surface area contributed by atoms with Crippen molar-refractivity contribution < 1.29 is 8.78 Å². The Bertz CT molecular complexity index is 806. The maximum atomic E-state index is 13.1. The summed E-state index contributed by atoms with van der Waals surface area (Å²) in [6, 6.07) is 8.14. The zero-order valence-electron chi connectivity index (χ0n) is 20.4. The molecule has 0 N–H and O–H groups in total. The van der Waals surface area contributed by atoms with E-state index >= 15 is 0 Å². The molecule has 0 fully saturated rings. The second kappa shape index (κ2) is 15.8. The number of hydrogen-bond acceptors (Lipinski definition) is 0. The van der Waals surface area contributed by atoms with E-state index in [1.807, 2.05) is 47.6 Å². The highest BCUT2D eigenvalue weighted by Crippen LogP contribution is 2.30. The van der Waals surface area contributed by atoms with Gasteiger partial charge in [-0.25, -0.2) is 8.78 Å². The predicted molar refractivity (Wildman–Crippen MR) is 132 cm³/mol. The van der Waals surface area contributed by atoms with Crippen LogP contribution in [-0.2, 0) is 0 Å². The Morgan fingerprint density at radius 1 is 0.933 bits per heavy atom. The maximum absolute atomic E-state index is 13.1. The van der Waals surface area contributed by atoms with Crippen LogP contribution in [0.5, 0.6) is 0 Å². The van der Waals surface area contributed by atoms with E-state index in [4.69, 9.17) is 11.6 Å². The average molecular weight is 437 g/mol. The van der Waals surface area contributed by atoms with Crippen LogP contribution in [0.3, 0.4) is 0 Å². The third-order valence-electron chi connectivity index (χ3n) is 4.16. The summed E-state index contributed by atoms with van der Waals surface area (Å²) >= 11 is 5.68. The number of halogens is 3. The summed E-state index contributed by atoms with van der Waals surface area (Å²) in [6.45, 7) is 23.7. The smallest absolute Gasteiger partial charge is 0.127 e. The van der Waals surface area contributed by atoms with E-state index in [2.05, 4.69) is 27.4 Å². The van der Waals surface area contributed by atoms with Gasteiger partial charge in [0.15, 0.2) is 0 Å². The maximum Gasteiger partial charge on any atom is 0.127 e. The van der Waals surface area contributed by atoms with Crippen molar-refractivity contribution >= 4 is 17.2 Å². The van der Waals surface area contributed by atoms with E-state index in [1.165, 1.54) is 23.3 Å². The van der Waals surface area contributed by atoms with E-state index in [0.717, 1.165) is 28.7 Å². The number of rotatable bonds is 3. The molecule has 0 nitrogen and oxygen atoms in total. The van der Waals surface area contributed by atoms with E-state index in [-0.39, 0.29) is 11.6 Å². The van der Waals surface area contributed by atoms with Gasteiger partial charge in [-0.2, -0.15) is 0 Å². The van der Waals surface area contributed by atoms with Gasteiger partial charge in [0, 0.05) is 10.6 Å². The van der Waals surface area contributed by atoms with Crippen LogP contribution in [0.25, 0.3) is 5.57 Å². The molecule has 30 heavy (non-hydrogen) atoms. The molecule has 0 aliphatic carbocycles. The van der Waals surface area contributed by atoms with Crippen molar-refractivity contribution in [3.8, 4) is 0 Å². The standard InChI is InChI=1S/C15H19F.C8H8ClF.2C2H6/c1-6-11(4)15(10(2)3)14-8-7-13(16)9-12(14)5;1-5-3-7(9)6(2)8(10)4-5;2*1-2/h7-9H,4,6H2,1-3,5H3;3-4H,1-2H3;2*1-2H3. The quantitative estimate of drug-likeness (QED) is 0.419.